The molecule has 0 saturated carbocycles. The van der Waals surface area contributed by atoms with Crippen molar-refractivity contribution in [2.75, 3.05) is 25.2 Å². The normalized spacial score (nSPS) is 18.7. The zero-order valence-electron chi connectivity index (χ0n) is 14.4. The van der Waals surface area contributed by atoms with Gasteiger partial charge in [0, 0.05) is 13.5 Å². The molecule has 2 aromatic rings. The van der Waals surface area contributed by atoms with Crippen molar-refractivity contribution in [3.05, 3.63) is 29.3 Å². The van der Waals surface area contributed by atoms with Gasteiger partial charge in [0.25, 0.3) is 5.91 Å². The van der Waals surface area contributed by atoms with Crippen LogP contribution in [-0.4, -0.2) is 55.3 Å². The molecule has 0 N–H and O–H groups in total. The first kappa shape index (κ1) is 18.8. The molecular weight excluding hydrogens is 376 g/mol. The van der Waals surface area contributed by atoms with E-state index in [-0.39, 0.29) is 36.4 Å². The van der Waals surface area contributed by atoms with Crippen molar-refractivity contribution in [1.29, 1.82) is 0 Å². The Morgan fingerprint density at radius 3 is 2.81 bits per heavy atom. The van der Waals surface area contributed by atoms with Crippen LogP contribution in [0.5, 0.6) is 0 Å². The van der Waals surface area contributed by atoms with Gasteiger partial charge in [-0.1, -0.05) is 12.1 Å². The fourth-order valence-electron chi connectivity index (χ4n) is 2.86. The molecule has 0 spiro atoms. The Hall–Kier alpha value is -2.00. The first-order chi connectivity index (χ1) is 12.3. The Kier molecular flexibility index (Phi) is 5.57. The highest BCUT2D eigenvalue weighted by atomic mass is 32.2. The first-order valence-electron chi connectivity index (χ1n) is 8.27. The summed E-state index contributed by atoms with van der Waals surface area (Å²) in [5, 5.41) is 0.810. The lowest BCUT2D eigenvalue weighted by Gasteiger charge is -2.16. The molecule has 1 atom stereocenters. The maximum Gasteiger partial charge on any atom is 0.306 e. The number of rotatable bonds is 6. The highest BCUT2D eigenvalue weighted by Crippen LogP contribution is 2.23. The van der Waals surface area contributed by atoms with Crippen molar-refractivity contribution >= 4 is 43.3 Å². The van der Waals surface area contributed by atoms with E-state index in [9.17, 15) is 18.0 Å². The van der Waals surface area contributed by atoms with Gasteiger partial charge in [0.05, 0.1) is 28.3 Å². The lowest BCUT2D eigenvalue weighted by Crippen LogP contribution is -2.31. The van der Waals surface area contributed by atoms with Crippen LogP contribution in [0, 0.1) is 5.92 Å². The van der Waals surface area contributed by atoms with Crippen LogP contribution in [0.3, 0.4) is 0 Å². The molecule has 9 heteroatoms. The van der Waals surface area contributed by atoms with E-state index >= 15 is 0 Å². The molecule has 1 amide bonds. The van der Waals surface area contributed by atoms with Crippen LogP contribution in [0.2, 0.25) is 0 Å². The number of hydrogen-bond acceptors (Lipinski definition) is 7. The molecular formula is C17H20N2O5S2. The van der Waals surface area contributed by atoms with Crippen LogP contribution < -0.4 is 0 Å². The number of nitrogens with zero attached hydrogens (tertiary/aromatic N) is 2. The smallest absolute Gasteiger partial charge is 0.306 e. The van der Waals surface area contributed by atoms with Gasteiger partial charge in [-0.15, -0.1) is 11.3 Å². The maximum atomic E-state index is 12.1. The third-order valence-corrected chi connectivity index (χ3v) is 7.13. The van der Waals surface area contributed by atoms with Crippen molar-refractivity contribution < 1.29 is 22.7 Å². The van der Waals surface area contributed by atoms with Crippen LogP contribution in [0.1, 0.15) is 17.8 Å². The number of carbonyl (C=O) groups excluding carboxylic acids is 2. The van der Waals surface area contributed by atoms with Crippen LogP contribution in [0.25, 0.3) is 10.2 Å². The largest absolute Gasteiger partial charge is 0.456 e. The highest BCUT2D eigenvalue weighted by molar-refractivity contribution is 7.91. The second-order valence-corrected chi connectivity index (χ2v) is 9.80. The average Bonchev–Trinajstić information content (AvgIpc) is 3.14. The zero-order valence-corrected chi connectivity index (χ0v) is 16.0. The fourth-order valence-corrected chi connectivity index (χ4v) is 5.74. The minimum absolute atomic E-state index is 0.0214. The van der Waals surface area contributed by atoms with E-state index in [1.54, 1.807) is 7.05 Å². The molecule has 1 aliphatic rings. The van der Waals surface area contributed by atoms with Crippen LogP contribution in [0.4, 0.5) is 0 Å². The van der Waals surface area contributed by atoms with E-state index in [2.05, 4.69) is 4.98 Å². The van der Waals surface area contributed by atoms with Crippen LogP contribution >= 0.6 is 11.3 Å². The van der Waals surface area contributed by atoms with Gasteiger partial charge in [0.2, 0.25) is 0 Å². The van der Waals surface area contributed by atoms with Gasteiger partial charge in [0.15, 0.2) is 16.4 Å². The van der Waals surface area contributed by atoms with Crippen LogP contribution in [0.15, 0.2) is 24.3 Å². The van der Waals surface area contributed by atoms with Gasteiger partial charge in [-0.3, -0.25) is 9.59 Å². The molecule has 26 heavy (non-hydrogen) atoms. The molecule has 1 fully saturated rings. The minimum Gasteiger partial charge on any atom is -0.456 e. The SMILES string of the molecule is CN(Cc1nc2ccccc2s1)C(=O)COC(=O)C[C@H]1CCS(=O)(=O)C1. The van der Waals surface area contributed by atoms with Gasteiger partial charge >= 0.3 is 5.97 Å². The molecule has 3 rings (SSSR count). The number of likely N-dealkylation sites (N-methyl/N-ethyl adjacent to an activating group) is 1. The molecule has 2 heterocycles. The molecule has 140 valence electrons. The second kappa shape index (κ2) is 7.71. The fraction of sp³-hybridized carbons (Fsp3) is 0.471. The zero-order chi connectivity index (χ0) is 18.7. The third-order valence-electron chi connectivity index (χ3n) is 4.28. The van der Waals surface area contributed by atoms with E-state index in [1.165, 1.54) is 16.2 Å². The number of sulfone groups is 1. The van der Waals surface area contributed by atoms with Gasteiger partial charge in [-0.25, -0.2) is 13.4 Å². The number of carbonyl (C=O) groups is 2. The van der Waals surface area contributed by atoms with E-state index in [1.807, 2.05) is 24.3 Å². The summed E-state index contributed by atoms with van der Waals surface area (Å²) in [4.78, 5) is 29.9. The third kappa shape index (κ3) is 4.79. The molecule has 0 unspecified atom stereocenters. The van der Waals surface area contributed by atoms with Gasteiger partial charge < -0.3 is 9.64 Å². The quantitative estimate of drug-likeness (QED) is 0.689. The van der Waals surface area contributed by atoms with E-state index in [0.717, 1.165) is 15.2 Å². The van der Waals surface area contributed by atoms with E-state index in [4.69, 9.17) is 4.74 Å². The summed E-state index contributed by atoms with van der Waals surface area (Å²) in [5.74, 6) is -0.920. The summed E-state index contributed by atoms with van der Waals surface area (Å²) in [5.41, 5.74) is 0.895. The van der Waals surface area contributed by atoms with Gasteiger partial charge in [-0.2, -0.15) is 0 Å². The Balaban J connectivity index is 1.46. The number of para-hydroxylation sites is 1. The Bertz CT molecular complexity index is 889. The summed E-state index contributed by atoms with van der Waals surface area (Å²) in [6.07, 6.45) is 0.511. The molecule has 0 radical (unpaired) electrons. The number of aromatic nitrogens is 1. The highest BCUT2D eigenvalue weighted by Gasteiger charge is 2.30. The van der Waals surface area contributed by atoms with Crippen molar-refractivity contribution in [2.45, 2.75) is 19.4 Å². The average molecular weight is 396 g/mol. The molecule has 0 aliphatic carbocycles. The van der Waals surface area contributed by atoms with E-state index < -0.39 is 15.8 Å². The molecule has 1 aromatic heterocycles. The molecule has 1 aliphatic heterocycles. The van der Waals surface area contributed by atoms with Gasteiger partial charge in [0.1, 0.15) is 5.01 Å². The summed E-state index contributed by atoms with van der Waals surface area (Å²) in [6.45, 7) is -0.00367. The number of thiazole rings is 1. The predicted octanol–water partition coefficient (Wildman–Crippen LogP) is 1.62. The minimum atomic E-state index is -3.02. The molecule has 7 nitrogen and oxygen atoms in total. The molecule has 0 bridgehead atoms. The molecule has 1 aromatic carbocycles. The summed E-state index contributed by atoms with van der Waals surface area (Å²) >= 11 is 1.52. The summed E-state index contributed by atoms with van der Waals surface area (Å²) in [7, 11) is -1.39. The Morgan fingerprint density at radius 2 is 2.12 bits per heavy atom. The second-order valence-electron chi connectivity index (χ2n) is 6.46. The molecule has 1 saturated heterocycles. The van der Waals surface area contributed by atoms with Crippen molar-refractivity contribution in [1.82, 2.24) is 9.88 Å². The number of hydrogen-bond donors (Lipinski definition) is 0. The topological polar surface area (TPSA) is 93.6 Å². The lowest BCUT2D eigenvalue weighted by atomic mass is 10.1. The van der Waals surface area contributed by atoms with Crippen molar-refractivity contribution in [3.8, 4) is 0 Å². The first-order valence-corrected chi connectivity index (χ1v) is 10.9. The predicted molar refractivity (Wildman–Crippen MR) is 98.4 cm³/mol. The lowest BCUT2D eigenvalue weighted by molar-refractivity contribution is -0.152. The van der Waals surface area contributed by atoms with Crippen molar-refractivity contribution in [3.63, 3.8) is 0 Å². The number of ether oxygens (including phenoxy) is 1. The standard InChI is InChI=1S/C17H20N2O5S2/c1-19(9-15-18-13-4-2-3-5-14(13)25-15)16(20)10-24-17(21)8-12-6-7-26(22,23)11-12/h2-5,12H,6-11H2,1H3/t12-/m1/s1. The number of amides is 1. The number of fused-ring (bicyclic) bond motifs is 1. The summed E-state index contributed by atoms with van der Waals surface area (Å²) in [6, 6.07) is 7.75. The van der Waals surface area contributed by atoms with Gasteiger partial charge in [-0.05, 0) is 24.5 Å². The van der Waals surface area contributed by atoms with E-state index in [0.29, 0.717) is 13.0 Å². The Morgan fingerprint density at radius 1 is 1.35 bits per heavy atom. The summed E-state index contributed by atoms with van der Waals surface area (Å²) < 4.78 is 28.9. The number of benzene rings is 1. The maximum absolute atomic E-state index is 12.1. The van der Waals surface area contributed by atoms with Crippen molar-refractivity contribution in [2.24, 2.45) is 5.92 Å². The van der Waals surface area contributed by atoms with Crippen LogP contribution in [-0.2, 0) is 30.7 Å². The Labute approximate surface area is 155 Å². The monoisotopic (exact) mass is 396 g/mol. The number of esters is 1.